The van der Waals surface area contributed by atoms with Crippen LogP contribution in [0.25, 0.3) is 11.0 Å². The van der Waals surface area contributed by atoms with Crippen molar-refractivity contribution < 1.29 is 28.3 Å². The summed E-state index contributed by atoms with van der Waals surface area (Å²) in [5, 5.41) is 15.2. The van der Waals surface area contributed by atoms with Gasteiger partial charge in [-0.25, -0.2) is 9.48 Å². The van der Waals surface area contributed by atoms with E-state index in [9.17, 15) is 4.79 Å². The summed E-state index contributed by atoms with van der Waals surface area (Å²) in [7, 11) is -0.504. The highest BCUT2D eigenvalue weighted by Crippen LogP contribution is 2.37. The molecule has 0 spiro atoms. The summed E-state index contributed by atoms with van der Waals surface area (Å²) in [6.07, 6.45) is 4.20. The first-order valence-electron chi connectivity index (χ1n) is 14.5. The van der Waals surface area contributed by atoms with E-state index in [4.69, 9.17) is 23.5 Å². The van der Waals surface area contributed by atoms with Gasteiger partial charge in [0.15, 0.2) is 6.23 Å². The zero-order valence-electron chi connectivity index (χ0n) is 25.2. The lowest BCUT2D eigenvalue weighted by Crippen LogP contribution is -2.41. The van der Waals surface area contributed by atoms with Crippen LogP contribution in [0.2, 0.25) is 0 Å². The number of fused-ring (bicyclic) bond motifs is 1. The number of rotatable bonds is 11. The fourth-order valence-corrected chi connectivity index (χ4v) is 4.63. The monoisotopic (exact) mass is 559 g/mol. The van der Waals surface area contributed by atoms with Crippen LogP contribution in [0.4, 0.5) is 10.5 Å². The van der Waals surface area contributed by atoms with Crippen LogP contribution in [0, 0.1) is 0 Å². The number of carbonyl (C=O) groups is 1. The fraction of sp³-hybridized carbons (Fsp3) is 0.750. The van der Waals surface area contributed by atoms with Crippen molar-refractivity contribution in [3.63, 3.8) is 0 Å². The molecule has 12 heteroatoms. The second-order valence-corrected chi connectivity index (χ2v) is 12.6. The quantitative estimate of drug-likeness (QED) is 0.309. The third kappa shape index (κ3) is 7.66. The zero-order valence-corrected chi connectivity index (χ0v) is 25.2. The van der Waals surface area contributed by atoms with Crippen LogP contribution in [-0.2, 0) is 23.5 Å². The number of nitrogens with zero attached hydrogens (tertiary/aromatic N) is 3. The number of benzene rings is 1. The summed E-state index contributed by atoms with van der Waals surface area (Å²) >= 11 is 0. The number of anilines is 1. The molecule has 222 valence electrons. The lowest BCUT2D eigenvalue weighted by molar-refractivity contribution is -0.0377. The van der Waals surface area contributed by atoms with Gasteiger partial charge in [-0.2, -0.15) is 0 Å². The first-order chi connectivity index (χ1) is 18.9. The van der Waals surface area contributed by atoms with Gasteiger partial charge in [0, 0.05) is 26.3 Å². The van der Waals surface area contributed by atoms with Crippen molar-refractivity contribution in [3.8, 4) is 0 Å². The van der Waals surface area contributed by atoms with E-state index >= 15 is 0 Å². The molecule has 2 aliphatic rings. The number of ether oxygens (including phenoxy) is 3. The second-order valence-electron chi connectivity index (χ2n) is 12.6. The maximum atomic E-state index is 11.7. The predicted octanol–water partition coefficient (Wildman–Crippen LogP) is 4.16. The Morgan fingerprint density at radius 2 is 1.85 bits per heavy atom. The predicted molar refractivity (Wildman–Crippen MR) is 155 cm³/mol. The van der Waals surface area contributed by atoms with Gasteiger partial charge in [-0.05, 0) is 98.2 Å². The van der Waals surface area contributed by atoms with E-state index in [0.717, 1.165) is 60.9 Å². The van der Waals surface area contributed by atoms with Gasteiger partial charge in [0.25, 0.3) is 0 Å². The van der Waals surface area contributed by atoms with Crippen molar-refractivity contribution in [1.82, 2.24) is 20.3 Å². The highest BCUT2D eigenvalue weighted by molar-refractivity contribution is 6.62. The fourth-order valence-electron chi connectivity index (χ4n) is 4.63. The van der Waals surface area contributed by atoms with E-state index in [2.05, 4.69) is 54.7 Å². The molecule has 4 rings (SSSR count). The van der Waals surface area contributed by atoms with Crippen LogP contribution >= 0.6 is 0 Å². The standard InChI is InChI=1S/C28H46BN5O6/c1-26(2,3)38-25(35)31-13-9-11-15-36-17-14-30-21-18-20(29-39-27(4,5)28(6,7)40-29)19-22-24(21)32-33-34(22)23-12-8-10-16-37-23/h18-19,23,30H,8-17H2,1-7H3,(H,31,35). The minimum absolute atomic E-state index is 0.131. The Labute approximate surface area is 238 Å². The smallest absolute Gasteiger partial charge is 0.444 e. The summed E-state index contributed by atoms with van der Waals surface area (Å²) in [4.78, 5) is 11.7. The lowest BCUT2D eigenvalue weighted by atomic mass is 9.78. The second kappa shape index (κ2) is 12.6. The molecule has 0 aliphatic carbocycles. The molecule has 2 fully saturated rings. The van der Waals surface area contributed by atoms with Crippen LogP contribution in [-0.4, -0.2) is 77.9 Å². The average molecular weight is 560 g/mol. The SMILES string of the molecule is CC(C)(C)OC(=O)NCCCCOCCNc1cc(B2OC(C)(C)C(C)(C)O2)cc2c1nnn2C1CCCCO1. The number of hydrogen-bond acceptors (Lipinski definition) is 9. The van der Waals surface area contributed by atoms with Gasteiger partial charge >= 0.3 is 13.2 Å². The van der Waals surface area contributed by atoms with E-state index in [0.29, 0.717) is 26.3 Å². The first kappa shape index (κ1) is 30.6. The molecule has 1 aromatic carbocycles. The molecule has 0 bridgehead atoms. The van der Waals surface area contributed by atoms with Gasteiger partial charge in [-0.3, -0.25) is 0 Å². The maximum absolute atomic E-state index is 11.7. The summed E-state index contributed by atoms with van der Waals surface area (Å²) in [5.41, 5.74) is 2.06. The minimum atomic E-state index is -0.504. The van der Waals surface area contributed by atoms with Crippen LogP contribution in [0.1, 0.15) is 86.8 Å². The number of hydrogen-bond donors (Lipinski definition) is 2. The molecular weight excluding hydrogens is 513 g/mol. The molecule has 0 radical (unpaired) electrons. The van der Waals surface area contributed by atoms with E-state index in [1.807, 2.05) is 31.5 Å². The third-order valence-corrected chi connectivity index (χ3v) is 7.50. The topological polar surface area (TPSA) is 118 Å². The summed E-state index contributed by atoms with van der Waals surface area (Å²) in [5.74, 6) is 0. The van der Waals surface area contributed by atoms with Crippen LogP contribution < -0.4 is 16.1 Å². The highest BCUT2D eigenvalue weighted by Gasteiger charge is 2.52. The molecule has 2 N–H and O–H groups in total. The van der Waals surface area contributed by atoms with Crippen molar-refractivity contribution >= 4 is 35.4 Å². The van der Waals surface area contributed by atoms with Crippen molar-refractivity contribution in [2.45, 2.75) is 104 Å². The van der Waals surface area contributed by atoms with Crippen molar-refractivity contribution in [2.75, 3.05) is 38.2 Å². The van der Waals surface area contributed by atoms with E-state index in [1.54, 1.807) is 0 Å². The molecule has 11 nitrogen and oxygen atoms in total. The van der Waals surface area contributed by atoms with Crippen molar-refractivity contribution in [2.24, 2.45) is 0 Å². The molecule has 0 saturated carbocycles. The number of amides is 1. The highest BCUT2D eigenvalue weighted by atomic mass is 16.7. The number of alkyl carbamates (subject to hydrolysis) is 1. The van der Waals surface area contributed by atoms with Gasteiger partial charge in [-0.15, -0.1) is 5.10 Å². The molecule has 1 unspecified atom stereocenters. The van der Waals surface area contributed by atoms with Crippen LogP contribution in [0.5, 0.6) is 0 Å². The molecule has 2 saturated heterocycles. The molecular formula is C28H46BN5O6. The molecule has 2 aromatic rings. The molecule has 3 heterocycles. The average Bonchev–Trinajstić information content (AvgIpc) is 3.39. The normalized spacial score (nSPS) is 20.6. The van der Waals surface area contributed by atoms with Gasteiger partial charge in [0.1, 0.15) is 11.1 Å². The van der Waals surface area contributed by atoms with Gasteiger partial charge in [0.05, 0.1) is 29.0 Å². The Balaban J connectivity index is 1.34. The Bertz CT molecular complexity index is 1130. The Kier molecular flexibility index (Phi) is 9.64. The van der Waals surface area contributed by atoms with Crippen molar-refractivity contribution in [3.05, 3.63) is 12.1 Å². The molecule has 1 aromatic heterocycles. The molecule has 1 atom stereocenters. The summed E-state index contributed by atoms with van der Waals surface area (Å²) < 4.78 is 31.7. The molecule has 2 aliphatic heterocycles. The Morgan fingerprint density at radius 1 is 1.10 bits per heavy atom. The zero-order chi connectivity index (χ0) is 29.0. The molecule has 1 amide bonds. The summed E-state index contributed by atoms with van der Waals surface area (Å²) in [6.45, 7) is 16.8. The van der Waals surface area contributed by atoms with E-state index < -0.39 is 30.0 Å². The van der Waals surface area contributed by atoms with E-state index in [-0.39, 0.29) is 6.23 Å². The number of nitrogens with one attached hydrogen (secondary N) is 2. The van der Waals surface area contributed by atoms with Crippen LogP contribution in [0.3, 0.4) is 0 Å². The number of carbonyl (C=O) groups excluding carboxylic acids is 1. The summed E-state index contributed by atoms with van der Waals surface area (Å²) in [6, 6.07) is 4.09. The Morgan fingerprint density at radius 3 is 2.52 bits per heavy atom. The number of unbranched alkanes of at least 4 members (excludes halogenated alkanes) is 1. The van der Waals surface area contributed by atoms with Gasteiger partial charge < -0.3 is 34.2 Å². The van der Waals surface area contributed by atoms with Gasteiger partial charge in [-0.1, -0.05) is 5.21 Å². The van der Waals surface area contributed by atoms with Crippen LogP contribution in [0.15, 0.2) is 12.1 Å². The third-order valence-electron chi connectivity index (χ3n) is 7.50. The maximum Gasteiger partial charge on any atom is 0.494 e. The lowest BCUT2D eigenvalue weighted by Gasteiger charge is -2.32. The largest absolute Gasteiger partial charge is 0.494 e. The van der Waals surface area contributed by atoms with Crippen molar-refractivity contribution in [1.29, 1.82) is 0 Å². The number of aromatic nitrogens is 3. The van der Waals surface area contributed by atoms with Gasteiger partial charge in [0.2, 0.25) is 0 Å². The Hall–Kier alpha value is -2.41. The molecule has 40 heavy (non-hydrogen) atoms. The first-order valence-corrected chi connectivity index (χ1v) is 14.5. The van der Waals surface area contributed by atoms with E-state index in [1.165, 1.54) is 0 Å². The minimum Gasteiger partial charge on any atom is -0.444 e.